The Bertz CT molecular complexity index is 79.0. The molecule has 0 atom stereocenters. The lowest BCUT2D eigenvalue weighted by atomic mass is 10.6. The highest BCUT2D eigenvalue weighted by Gasteiger charge is 1.83. The molecule has 0 unspecified atom stereocenters. The minimum Gasteiger partial charge on any atom is -0.353 e. The van der Waals surface area contributed by atoms with Gasteiger partial charge in [-0.25, -0.2) is 0 Å². The first kappa shape index (κ1) is 11.1. The quantitative estimate of drug-likeness (QED) is 0.560. The largest absolute Gasteiger partial charge is 0.353 e. The van der Waals surface area contributed by atoms with Crippen molar-refractivity contribution in [3.8, 4) is 0 Å². The van der Waals surface area contributed by atoms with E-state index < -0.39 is 0 Å². The summed E-state index contributed by atoms with van der Waals surface area (Å²) in [6.07, 6.45) is 1.25. The molecule has 0 aromatic carbocycles. The Labute approximate surface area is 57.0 Å². The maximum atomic E-state index is 10.2. The summed E-state index contributed by atoms with van der Waals surface area (Å²) in [7, 11) is 0. The van der Waals surface area contributed by atoms with Crippen LogP contribution in [0.1, 0.15) is 20.8 Å². The third-order valence-electron chi connectivity index (χ3n) is 0.536. The lowest BCUT2D eigenvalue weighted by Crippen LogP contribution is -2.19. The highest BCUT2D eigenvalue weighted by atomic mass is 16.1. The van der Waals surface area contributed by atoms with Crippen LogP contribution in [-0.2, 0) is 4.79 Å². The molecule has 1 N–H and O–H groups in total. The topological polar surface area (TPSA) is 29.1 Å². The first-order valence-corrected chi connectivity index (χ1v) is 3.21. The molecule has 0 aliphatic rings. The fourth-order valence-corrected chi connectivity index (χ4v) is 0.246. The fraction of sp³-hybridized carbons (Fsp3) is 0.571. The number of likely N-dealkylation sites (N-methyl/N-ethyl adjacent to an activating group) is 1. The number of nitrogens with one attached hydrogen (secondary N) is 1. The Kier molecular flexibility index (Phi) is 12.6. The van der Waals surface area contributed by atoms with Gasteiger partial charge in [-0.05, 0) is 13.0 Å². The molecule has 0 fully saturated rings. The summed E-state index contributed by atoms with van der Waals surface area (Å²) in [6.45, 7) is 9.80. The van der Waals surface area contributed by atoms with Crippen LogP contribution in [-0.4, -0.2) is 12.5 Å². The van der Waals surface area contributed by atoms with E-state index in [9.17, 15) is 4.79 Å². The molecule has 0 bridgehead atoms. The summed E-state index contributed by atoms with van der Waals surface area (Å²) in [5.41, 5.74) is 0. The number of carbonyl (C=O) groups is 1. The molecule has 0 radical (unpaired) electrons. The smallest absolute Gasteiger partial charge is 0.243 e. The molecule has 0 aromatic rings. The van der Waals surface area contributed by atoms with Gasteiger partial charge in [0.1, 0.15) is 0 Å². The summed E-state index contributed by atoms with van der Waals surface area (Å²) < 4.78 is 0. The average Bonchev–Trinajstić information content (AvgIpc) is 1.93. The van der Waals surface area contributed by atoms with Crippen LogP contribution in [0, 0.1) is 0 Å². The van der Waals surface area contributed by atoms with E-state index >= 15 is 0 Å². The second kappa shape index (κ2) is 10.2. The fourth-order valence-electron chi connectivity index (χ4n) is 0.246. The van der Waals surface area contributed by atoms with Crippen LogP contribution in [0.5, 0.6) is 0 Å². The van der Waals surface area contributed by atoms with Crippen molar-refractivity contribution in [1.82, 2.24) is 5.32 Å². The zero-order valence-corrected chi connectivity index (χ0v) is 6.40. The Morgan fingerprint density at radius 3 is 2.22 bits per heavy atom. The highest BCUT2D eigenvalue weighted by Crippen LogP contribution is 1.61. The van der Waals surface area contributed by atoms with Crippen LogP contribution >= 0.6 is 0 Å². The molecular formula is C7H15NO. The summed E-state index contributed by atoms with van der Waals surface area (Å²) in [6, 6.07) is 0. The third kappa shape index (κ3) is 11.0. The molecule has 0 saturated carbocycles. The maximum absolute atomic E-state index is 10.2. The first-order chi connectivity index (χ1) is 4.31. The summed E-state index contributed by atoms with van der Waals surface area (Å²) >= 11 is 0. The molecule has 2 heteroatoms. The van der Waals surface area contributed by atoms with Crippen molar-refractivity contribution in [2.24, 2.45) is 0 Å². The highest BCUT2D eigenvalue weighted by molar-refractivity contribution is 5.86. The van der Waals surface area contributed by atoms with Gasteiger partial charge in [-0.2, -0.15) is 0 Å². The molecule has 0 aliphatic carbocycles. The van der Waals surface area contributed by atoms with Gasteiger partial charge in [0.25, 0.3) is 0 Å². The van der Waals surface area contributed by atoms with Gasteiger partial charge in [0.15, 0.2) is 0 Å². The van der Waals surface area contributed by atoms with Crippen LogP contribution in [0.3, 0.4) is 0 Å². The number of carbonyl (C=O) groups excluding carboxylic acids is 1. The van der Waals surface area contributed by atoms with E-state index in [0.29, 0.717) is 6.54 Å². The van der Waals surface area contributed by atoms with Gasteiger partial charge in [0, 0.05) is 6.54 Å². The van der Waals surface area contributed by atoms with Crippen molar-refractivity contribution < 1.29 is 4.79 Å². The Morgan fingerprint density at radius 2 is 2.11 bits per heavy atom. The Balaban J connectivity index is 0. The number of rotatable bonds is 2. The van der Waals surface area contributed by atoms with Crippen molar-refractivity contribution in [2.75, 3.05) is 6.54 Å². The minimum atomic E-state index is -0.109. The number of hydrogen-bond acceptors (Lipinski definition) is 1. The van der Waals surface area contributed by atoms with E-state index in [0.717, 1.165) is 0 Å². The molecular weight excluding hydrogens is 114 g/mol. The molecule has 9 heavy (non-hydrogen) atoms. The molecule has 54 valence electrons. The molecule has 0 aromatic heterocycles. The third-order valence-corrected chi connectivity index (χ3v) is 0.536. The van der Waals surface area contributed by atoms with Gasteiger partial charge in [-0.15, -0.1) is 0 Å². The van der Waals surface area contributed by atoms with Crippen molar-refractivity contribution in [1.29, 1.82) is 0 Å². The van der Waals surface area contributed by atoms with E-state index in [2.05, 4.69) is 11.9 Å². The second-order valence-corrected chi connectivity index (χ2v) is 1.10. The van der Waals surface area contributed by atoms with Crippen LogP contribution in [0.25, 0.3) is 0 Å². The molecule has 0 spiro atoms. The predicted molar refractivity (Wildman–Crippen MR) is 40.2 cm³/mol. The van der Waals surface area contributed by atoms with Crippen LogP contribution < -0.4 is 5.32 Å². The van der Waals surface area contributed by atoms with E-state index in [4.69, 9.17) is 0 Å². The molecule has 0 heterocycles. The second-order valence-electron chi connectivity index (χ2n) is 1.10. The van der Waals surface area contributed by atoms with Crippen LogP contribution in [0.4, 0.5) is 0 Å². The molecule has 1 amide bonds. The summed E-state index contributed by atoms with van der Waals surface area (Å²) in [5.74, 6) is -0.109. The van der Waals surface area contributed by atoms with Crippen molar-refractivity contribution in [3.63, 3.8) is 0 Å². The van der Waals surface area contributed by atoms with Crippen molar-refractivity contribution in [3.05, 3.63) is 12.7 Å². The van der Waals surface area contributed by atoms with Gasteiger partial charge in [0.05, 0.1) is 0 Å². The van der Waals surface area contributed by atoms with Gasteiger partial charge >= 0.3 is 0 Å². The van der Waals surface area contributed by atoms with E-state index in [-0.39, 0.29) is 5.91 Å². The molecule has 0 saturated heterocycles. The Morgan fingerprint density at radius 1 is 1.67 bits per heavy atom. The lowest BCUT2D eigenvalue weighted by molar-refractivity contribution is -0.116. The zero-order chi connectivity index (χ0) is 7.70. The maximum Gasteiger partial charge on any atom is 0.243 e. The Hall–Kier alpha value is -0.790. The van der Waals surface area contributed by atoms with Crippen molar-refractivity contribution >= 4 is 5.91 Å². The van der Waals surface area contributed by atoms with E-state index in [1.165, 1.54) is 6.08 Å². The minimum absolute atomic E-state index is 0.109. The average molecular weight is 129 g/mol. The molecule has 2 nitrogen and oxygen atoms in total. The van der Waals surface area contributed by atoms with E-state index in [1.54, 1.807) is 0 Å². The van der Waals surface area contributed by atoms with E-state index in [1.807, 2.05) is 20.8 Å². The first-order valence-electron chi connectivity index (χ1n) is 3.21. The predicted octanol–water partition coefficient (Wildman–Crippen LogP) is 1.33. The number of hydrogen-bond donors (Lipinski definition) is 1. The SMILES string of the molecule is C=CC(=O)NCC.CC. The van der Waals surface area contributed by atoms with Gasteiger partial charge in [-0.3, -0.25) is 4.79 Å². The van der Waals surface area contributed by atoms with Gasteiger partial charge in [0.2, 0.25) is 5.91 Å². The standard InChI is InChI=1S/C5H9NO.C2H6/c1-3-5(7)6-4-2;1-2/h3H,1,4H2,2H3,(H,6,7);1-2H3. The van der Waals surface area contributed by atoms with Gasteiger partial charge < -0.3 is 5.32 Å². The monoisotopic (exact) mass is 129 g/mol. The van der Waals surface area contributed by atoms with Crippen LogP contribution in [0.2, 0.25) is 0 Å². The summed E-state index contributed by atoms with van der Waals surface area (Å²) in [5, 5.41) is 2.54. The molecule has 0 rings (SSSR count). The zero-order valence-electron chi connectivity index (χ0n) is 6.40. The van der Waals surface area contributed by atoms with Crippen molar-refractivity contribution in [2.45, 2.75) is 20.8 Å². The summed E-state index contributed by atoms with van der Waals surface area (Å²) in [4.78, 5) is 10.2. The number of amides is 1. The van der Waals surface area contributed by atoms with Crippen LogP contribution in [0.15, 0.2) is 12.7 Å². The normalized spacial score (nSPS) is 6.56. The lowest BCUT2D eigenvalue weighted by Gasteiger charge is -1.90. The molecule has 0 aliphatic heterocycles. The van der Waals surface area contributed by atoms with Gasteiger partial charge in [-0.1, -0.05) is 20.4 Å².